The van der Waals surface area contributed by atoms with E-state index in [1.165, 1.54) is 5.56 Å². The average molecular weight is 443 g/mol. The largest absolute Gasteiger partial charge is 0.486 e. The molecule has 164 valence electrons. The number of aryl methyl sites for hydroxylation is 1. The van der Waals surface area contributed by atoms with Crippen LogP contribution in [0.25, 0.3) is 11.0 Å². The van der Waals surface area contributed by atoms with E-state index in [9.17, 15) is 4.79 Å². The Hall–Kier alpha value is -2.77. The number of aromatic nitrogens is 2. The van der Waals surface area contributed by atoms with Crippen LogP contribution in [0.15, 0.2) is 36.4 Å². The Morgan fingerprint density at radius 1 is 1.16 bits per heavy atom. The summed E-state index contributed by atoms with van der Waals surface area (Å²) in [6.45, 7) is 4.02. The van der Waals surface area contributed by atoms with Crippen LogP contribution in [0, 0.1) is 6.92 Å². The maximum Gasteiger partial charge on any atom is 0.251 e. The van der Waals surface area contributed by atoms with Crippen molar-refractivity contribution in [2.75, 3.05) is 26.8 Å². The van der Waals surface area contributed by atoms with Crippen LogP contribution in [-0.2, 0) is 0 Å². The van der Waals surface area contributed by atoms with E-state index in [0.717, 1.165) is 36.2 Å². The lowest BCUT2D eigenvalue weighted by molar-refractivity contribution is 0.0883. The molecule has 3 aromatic rings. The van der Waals surface area contributed by atoms with Gasteiger partial charge in [-0.25, -0.2) is 4.98 Å². The molecule has 1 saturated heterocycles. The van der Waals surface area contributed by atoms with Crippen molar-refractivity contribution < 1.29 is 14.3 Å². The molecule has 31 heavy (non-hydrogen) atoms. The summed E-state index contributed by atoms with van der Waals surface area (Å²) in [7, 11) is 2.11. The van der Waals surface area contributed by atoms with Crippen molar-refractivity contribution >= 4 is 29.3 Å². The third kappa shape index (κ3) is 4.34. The van der Waals surface area contributed by atoms with E-state index in [2.05, 4.69) is 47.4 Å². The maximum atomic E-state index is 12.9. The number of H-pyrrole nitrogens is 1. The number of amides is 1. The summed E-state index contributed by atoms with van der Waals surface area (Å²) in [5.41, 5.74) is 3.83. The Bertz CT molecular complexity index is 1100. The normalized spacial score (nSPS) is 20.8. The van der Waals surface area contributed by atoms with Crippen molar-refractivity contribution in [2.24, 2.45) is 0 Å². The zero-order chi connectivity index (χ0) is 20.7. The molecule has 1 aromatic heterocycles. The number of likely N-dealkylation sites (tertiary alicyclic amines) is 1. The monoisotopic (exact) mass is 442 g/mol. The van der Waals surface area contributed by atoms with Crippen molar-refractivity contribution in [1.82, 2.24) is 20.2 Å². The number of fused-ring (bicyclic) bond motifs is 2. The minimum Gasteiger partial charge on any atom is -0.486 e. The molecule has 0 saturated carbocycles. The van der Waals surface area contributed by atoms with Crippen LogP contribution < -0.4 is 14.8 Å². The second-order valence-corrected chi connectivity index (χ2v) is 8.19. The van der Waals surface area contributed by atoms with Crippen molar-refractivity contribution in [1.29, 1.82) is 0 Å². The molecule has 0 aliphatic carbocycles. The molecule has 0 bridgehead atoms. The number of carbonyl (C=O) groups is 1. The highest BCUT2D eigenvalue weighted by atomic mass is 35.5. The van der Waals surface area contributed by atoms with E-state index < -0.39 is 0 Å². The molecule has 8 heteroatoms. The summed E-state index contributed by atoms with van der Waals surface area (Å²) < 4.78 is 11.1. The number of nitrogens with zero attached hydrogens (tertiary/aromatic N) is 2. The van der Waals surface area contributed by atoms with Crippen molar-refractivity contribution in [3.63, 3.8) is 0 Å². The van der Waals surface area contributed by atoms with Crippen LogP contribution in [0.4, 0.5) is 0 Å². The lowest BCUT2D eigenvalue weighted by Crippen LogP contribution is -2.45. The fourth-order valence-corrected chi connectivity index (χ4v) is 4.29. The maximum absolute atomic E-state index is 12.9. The predicted molar refractivity (Wildman–Crippen MR) is 121 cm³/mol. The summed E-state index contributed by atoms with van der Waals surface area (Å²) in [6.07, 6.45) is 1.72. The van der Waals surface area contributed by atoms with Gasteiger partial charge in [-0.2, -0.15) is 0 Å². The molecule has 2 aromatic carbocycles. The minimum atomic E-state index is -0.0829. The zero-order valence-electron chi connectivity index (χ0n) is 17.7. The molecular formula is C23H27ClN4O3. The highest BCUT2D eigenvalue weighted by Crippen LogP contribution is 2.32. The van der Waals surface area contributed by atoms with Gasteiger partial charge in [0, 0.05) is 18.2 Å². The minimum absolute atomic E-state index is 0. The Morgan fingerprint density at radius 3 is 2.81 bits per heavy atom. The second kappa shape index (κ2) is 8.77. The first-order valence-electron chi connectivity index (χ1n) is 10.4. The molecule has 2 unspecified atom stereocenters. The summed E-state index contributed by atoms with van der Waals surface area (Å²) >= 11 is 0. The van der Waals surface area contributed by atoms with Gasteiger partial charge in [-0.3, -0.25) is 9.69 Å². The van der Waals surface area contributed by atoms with E-state index in [0.29, 0.717) is 30.3 Å². The number of benzene rings is 2. The molecule has 5 rings (SSSR count). The van der Waals surface area contributed by atoms with Crippen LogP contribution >= 0.6 is 12.4 Å². The van der Waals surface area contributed by atoms with Gasteiger partial charge in [0.2, 0.25) is 0 Å². The number of rotatable bonds is 3. The highest BCUT2D eigenvalue weighted by Gasteiger charge is 2.30. The number of hydrogen-bond donors (Lipinski definition) is 2. The molecule has 3 heterocycles. The van der Waals surface area contributed by atoms with Crippen LogP contribution in [0.3, 0.4) is 0 Å². The fraction of sp³-hybridized carbons (Fsp3) is 0.391. The third-order valence-corrected chi connectivity index (χ3v) is 5.98. The molecular weight excluding hydrogens is 416 g/mol. The van der Waals surface area contributed by atoms with Gasteiger partial charge >= 0.3 is 0 Å². The fourth-order valence-electron chi connectivity index (χ4n) is 4.29. The summed E-state index contributed by atoms with van der Waals surface area (Å²) in [6, 6.07) is 11.8. The standard InChI is InChI=1S/C23H26N4O3.ClH/c1-14-3-5-17-18(11-14)26-22(25-17)19-13-16(7-8-27(19)2)24-23(28)15-4-6-20-21(12-15)30-10-9-29-20;/h3-6,11-12,16,19H,7-10,13H2,1-2H3,(H,24,28)(H,25,26);1H. The van der Waals surface area contributed by atoms with E-state index in [4.69, 9.17) is 14.5 Å². The average Bonchev–Trinajstić information content (AvgIpc) is 3.17. The zero-order valence-corrected chi connectivity index (χ0v) is 18.5. The number of aromatic amines is 1. The Labute approximate surface area is 187 Å². The number of imidazole rings is 1. The SMILES string of the molecule is Cc1ccc2nc(C3CC(NC(=O)c4ccc5c(c4)OCCO5)CCN3C)[nH]c2c1.Cl. The molecule has 2 aliphatic rings. The summed E-state index contributed by atoms with van der Waals surface area (Å²) in [5.74, 6) is 2.20. The quantitative estimate of drug-likeness (QED) is 0.647. The lowest BCUT2D eigenvalue weighted by atomic mass is 9.96. The highest BCUT2D eigenvalue weighted by molar-refractivity contribution is 5.95. The Kier molecular flexibility index (Phi) is 6.07. The molecule has 2 aliphatic heterocycles. The molecule has 1 fully saturated rings. The second-order valence-electron chi connectivity index (χ2n) is 8.19. The van der Waals surface area contributed by atoms with Crippen LogP contribution in [-0.4, -0.2) is 53.6 Å². The number of piperidine rings is 1. The van der Waals surface area contributed by atoms with Gasteiger partial charge in [-0.05, 0) is 62.7 Å². The molecule has 7 nitrogen and oxygen atoms in total. The van der Waals surface area contributed by atoms with Crippen LogP contribution in [0.2, 0.25) is 0 Å². The van der Waals surface area contributed by atoms with E-state index in [-0.39, 0.29) is 30.4 Å². The first-order valence-corrected chi connectivity index (χ1v) is 10.4. The van der Waals surface area contributed by atoms with Gasteiger partial charge in [0.15, 0.2) is 11.5 Å². The molecule has 0 radical (unpaired) electrons. The Morgan fingerprint density at radius 2 is 1.97 bits per heavy atom. The van der Waals surface area contributed by atoms with Crippen molar-refractivity contribution in [3.05, 3.63) is 53.3 Å². The molecule has 0 spiro atoms. The number of carbonyl (C=O) groups excluding carboxylic acids is 1. The first-order chi connectivity index (χ1) is 14.6. The molecule has 2 atom stereocenters. The third-order valence-electron chi connectivity index (χ3n) is 5.98. The molecule has 1 amide bonds. The van der Waals surface area contributed by atoms with Crippen molar-refractivity contribution in [2.45, 2.75) is 31.8 Å². The van der Waals surface area contributed by atoms with Crippen LogP contribution in [0.5, 0.6) is 11.5 Å². The van der Waals surface area contributed by atoms with Gasteiger partial charge in [0.25, 0.3) is 5.91 Å². The van der Waals surface area contributed by atoms with E-state index in [1.54, 1.807) is 18.2 Å². The van der Waals surface area contributed by atoms with Crippen LogP contribution in [0.1, 0.15) is 40.6 Å². The molecule has 2 N–H and O–H groups in total. The Balaban J connectivity index is 0.00000231. The number of halogens is 1. The summed E-state index contributed by atoms with van der Waals surface area (Å²) in [5, 5.41) is 3.20. The van der Waals surface area contributed by atoms with Gasteiger partial charge in [0.1, 0.15) is 19.0 Å². The number of hydrogen-bond acceptors (Lipinski definition) is 5. The van der Waals surface area contributed by atoms with Gasteiger partial charge in [0.05, 0.1) is 17.1 Å². The topological polar surface area (TPSA) is 79.5 Å². The van der Waals surface area contributed by atoms with Crippen molar-refractivity contribution in [3.8, 4) is 11.5 Å². The van der Waals surface area contributed by atoms with Gasteiger partial charge in [-0.1, -0.05) is 6.07 Å². The number of nitrogens with one attached hydrogen (secondary N) is 2. The number of ether oxygens (including phenoxy) is 2. The lowest BCUT2D eigenvalue weighted by Gasteiger charge is -2.36. The van der Waals surface area contributed by atoms with Gasteiger partial charge < -0.3 is 19.8 Å². The van der Waals surface area contributed by atoms with Gasteiger partial charge in [-0.15, -0.1) is 12.4 Å². The predicted octanol–water partition coefficient (Wildman–Crippen LogP) is 3.63. The van der Waals surface area contributed by atoms with E-state index >= 15 is 0 Å². The first kappa shape index (κ1) is 21.5. The van der Waals surface area contributed by atoms with E-state index in [1.807, 2.05) is 0 Å². The summed E-state index contributed by atoms with van der Waals surface area (Å²) in [4.78, 5) is 23.4. The smallest absolute Gasteiger partial charge is 0.251 e.